The van der Waals surface area contributed by atoms with E-state index in [1.54, 1.807) is 18.2 Å². The van der Waals surface area contributed by atoms with Crippen molar-refractivity contribution in [2.75, 3.05) is 26.2 Å². The number of rotatable bonds is 12. The number of benzene rings is 3. The van der Waals surface area contributed by atoms with E-state index in [9.17, 15) is 13.2 Å². The van der Waals surface area contributed by atoms with Gasteiger partial charge in [0.25, 0.3) is 5.56 Å². The largest absolute Gasteiger partial charge is 0.493 e. The molecule has 4 aromatic rings. The second-order valence-corrected chi connectivity index (χ2v) is 10.5. The zero-order valence-corrected chi connectivity index (χ0v) is 22.5. The third kappa shape index (κ3) is 7.80. The average molecular weight is 563 g/mol. The maximum atomic E-state index is 12.8. The van der Waals surface area contributed by atoms with Gasteiger partial charge in [-0.1, -0.05) is 48.0 Å². The maximum Gasteiger partial charge on any atom is 0.255 e. The summed E-state index contributed by atoms with van der Waals surface area (Å²) in [5.41, 5.74) is 1.90. The summed E-state index contributed by atoms with van der Waals surface area (Å²) in [6.07, 6.45) is 2.94. The Labute approximate surface area is 227 Å². The quantitative estimate of drug-likeness (QED) is 0.221. The number of hydrogen-bond donors (Lipinski definition) is 3. The van der Waals surface area contributed by atoms with Gasteiger partial charge >= 0.3 is 0 Å². The van der Waals surface area contributed by atoms with Crippen LogP contribution in [0, 0.1) is 0 Å². The SMILES string of the molecule is Cl.O=c1[nH]ccc2c(S(=O)(=O)NCCNCCCOc3ccc(Cl)cc3Cc3ccccc3)cccc12. The van der Waals surface area contributed by atoms with Gasteiger partial charge in [0.2, 0.25) is 10.0 Å². The van der Waals surface area contributed by atoms with Crippen LogP contribution in [0.3, 0.4) is 0 Å². The summed E-state index contributed by atoms with van der Waals surface area (Å²) in [6.45, 7) is 1.88. The number of aromatic nitrogens is 1. The van der Waals surface area contributed by atoms with Crippen LogP contribution < -0.4 is 20.3 Å². The molecule has 0 amide bonds. The van der Waals surface area contributed by atoms with E-state index in [1.165, 1.54) is 17.8 Å². The Morgan fingerprint density at radius 2 is 1.70 bits per heavy atom. The highest BCUT2D eigenvalue weighted by Gasteiger charge is 2.17. The third-order valence-corrected chi connectivity index (χ3v) is 7.43. The minimum Gasteiger partial charge on any atom is -0.493 e. The third-order valence-electron chi connectivity index (χ3n) is 5.67. The Morgan fingerprint density at radius 3 is 2.51 bits per heavy atom. The Kier molecular flexibility index (Phi) is 10.5. The lowest BCUT2D eigenvalue weighted by Crippen LogP contribution is -2.32. The fraction of sp³-hybridized carbons (Fsp3) is 0.222. The topological polar surface area (TPSA) is 100 Å². The number of nitrogens with one attached hydrogen (secondary N) is 3. The van der Waals surface area contributed by atoms with Gasteiger partial charge in [-0.05, 0) is 60.5 Å². The number of fused-ring (bicyclic) bond motifs is 1. The molecule has 0 radical (unpaired) electrons. The van der Waals surface area contributed by atoms with E-state index in [0.29, 0.717) is 35.5 Å². The minimum absolute atomic E-state index is 0. The van der Waals surface area contributed by atoms with Gasteiger partial charge in [0, 0.05) is 41.5 Å². The molecule has 10 heteroatoms. The summed E-state index contributed by atoms with van der Waals surface area (Å²) in [7, 11) is -3.75. The van der Waals surface area contributed by atoms with Crippen LogP contribution in [-0.2, 0) is 16.4 Å². The molecule has 3 aromatic carbocycles. The Bertz CT molecular complexity index is 1480. The lowest BCUT2D eigenvalue weighted by molar-refractivity contribution is 0.306. The van der Waals surface area contributed by atoms with E-state index < -0.39 is 10.0 Å². The van der Waals surface area contributed by atoms with Crippen LogP contribution in [0.5, 0.6) is 5.75 Å². The summed E-state index contributed by atoms with van der Waals surface area (Å²) >= 11 is 6.19. The van der Waals surface area contributed by atoms with Crippen molar-refractivity contribution in [2.24, 2.45) is 0 Å². The second kappa shape index (κ2) is 13.6. The Morgan fingerprint density at radius 1 is 0.892 bits per heavy atom. The number of aromatic amines is 1. The first-order chi connectivity index (χ1) is 17.4. The summed E-state index contributed by atoms with van der Waals surface area (Å²) < 4.78 is 34.1. The van der Waals surface area contributed by atoms with Gasteiger partial charge in [-0.3, -0.25) is 4.79 Å². The predicted molar refractivity (Wildman–Crippen MR) is 151 cm³/mol. The van der Waals surface area contributed by atoms with E-state index in [2.05, 4.69) is 27.2 Å². The Hall–Kier alpha value is -2.88. The highest BCUT2D eigenvalue weighted by molar-refractivity contribution is 7.89. The number of sulfonamides is 1. The predicted octanol–water partition coefficient (Wildman–Crippen LogP) is 4.53. The van der Waals surface area contributed by atoms with Crippen LogP contribution in [0.1, 0.15) is 17.5 Å². The Balaban J connectivity index is 0.00000380. The zero-order valence-electron chi connectivity index (χ0n) is 20.1. The molecule has 0 aliphatic rings. The molecule has 3 N–H and O–H groups in total. The van der Waals surface area contributed by atoms with Crippen LogP contribution in [0.2, 0.25) is 5.02 Å². The smallest absolute Gasteiger partial charge is 0.255 e. The number of halogens is 2. The van der Waals surface area contributed by atoms with Crippen molar-refractivity contribution in [1.82, 2.24) is 15.0 Å². The van der Waals surface area contributed by atoms with Gasteiger partial charge in [-0.2, -0.15) is 0 Å². The van der Waals surface area contributed by atoms with E-state index in [0.717, 1.165) is 24.2 Å². The number of hydrogen-bond acceptors (Lipinski definition) is 5. The molecule has 1 heterocycles. The molecule has 0 atom stereocenters. The molecule has 0 saturated carbocycles. The van der Waals surface area contributed by atoms with Crippen molar-refractivity contribution in [3.05, 3.63) is 105 Å². The fourth-order valence-corrected chi connectivity index (χ4v) is 5.37. The first-order valence-electron chi connectivity index (χ1n) is 11.7. The molecule has 0 unspecified atom stereocenters. The van der Waals surface area contributed by atoms with Crippen LogP contribution in [0.15, 0.2) is 88.7 Å². The van der Waals surface area contributed by atoms with Crippen molar-refractivity contribution in [3.63, 3.8) is 0 Å². The van der Waals surface area contributed by atoms with Gasteiger partial charge in [0.1, 0.15) is 5.75 Å². The van der Waals surface area contributed by atoms with Crippen LogP contribution >= 0.6 is 24.0 Å². The first-order valence-corrected chi connectivity index (χ1v) is 13.6. The van der Waals surface area contributed by atoms with Crippen molar-refractivity contribution < 1.29 is 13.2 Å². The molecule has 0 fully saturated rings. The summed E-state index contributed by atoms with van der Waals surface area (Å²) in [5.74, 6) is 0.810. The summed E-state index contributed by atoms with van der Waals surface area (Å²) in [5, 5.41) is 4.63. The highest BCUT2D eigenvalue weighted by atomic mass is 35.5. The van der Waals surface area contributed by atoms with Crippen LogP contribution in [-0.4, -0.2) is 39.6 Å². The molecule has 1 aromatic heterocycles. The highest BCUT2D eigenvalue weighted by Crippen LogP contribution is 2.25. The average Bonchev–Trinajstić information content (AvgIpc) is 2.87. The van der Waals surface area contributed by atoms with Gasteiger partial charge in [0.05, 0.1) is 11.5 Å². The van der Waals surface area contributed by atoms with E-state index in [-0.39, 0.29) is 29.4 Å². The maximum absolute atomic E-state index is 12.8. The van der Waals surface area contributed by atoms with E-state index in [1.807, 2.05) is 36.4 Å². The molecule has 0 aliphatic carbocycles. The molecule has 0 aliphatic heterocycles. The van der Waals surface area contributed by atoms with Crippen LogP contribution in [0.4, 0.5) is 0 Å². The van der Waals surface area contributed by atoms with E-state index in [4.69, 9.17) is 16.3 Å². The normalized spacial score (nSPS) is 11.3. The molecule has 37 heavy (non-hydrogen) atoms. The van der Waals surface area contributed by atoms with E-state index >= 15 is 0 Å². The zero-order chi connectivity index (χ0) is 25.4. The van der Waals surface area contributed by atoms with Gasteiger partial charge in [-0.25, -0.2) is 13.1 Å². The van der Waals surface area contributed by atoms with Crippen molar-refractivity contribution in [2.45, 2.75) is 17.7 Å². The molecule has 196 valence electrons. The van der Waals surface area contributed by atoms with Crippen molar-refractivity contribution in [3.8, 4) is 5.75 Å². The number of ether oxygens (including phenoxy) is 1. The van der Waals surface area contributed by atoms with Gasteiger partial charge in [-0.15, -0.1) is 12.4 Å². The summed E-state index contributed by atoms with van der Waals surface area (Å²) in [4.78, 5) is 14.6. The van der Waals surface area contributed by atoms with Crippen molar-refractivity contribution >= 4 is 44.8 Å². The number of H-pyrrole nitrogens is 1. The standard InChI is InChI=1S/C27H28ClN3O4S.ClH/c28-22-10-11-25(21(19-22)18-20-6-2-1-3-7-20)35-17-5-13-29-15-16-31-36(33,34)26-9-4-8-24-23(26)12-14-30-27(24)32;/h1-4,6-12,14,19,29,31H,5,13,15-18H2,(H,30,32);1H. The molecule has 7 nitrogen and oxygen atoms in total. The number of pyridine rings is 1. The van der Waals surface area contributed by atoms with Gasteiger partial charge < -0.3 is 15.0 Å². The van der Waals surface area contributed by atoms with Crippen LogP contribution in [0.25, 0.3) is 10.8 Å². The second-order valence-electron chi connectivity index (χ2n) is 8.29. The minimum atomic E-state index is -3.75. The monoisotopic (exact) mass is 561 g/mol. The molecule has 0 spiro atoms. The fourth-order valence-electron chi connectivity index (χ4n) is 3.93. The molecular weight excluding hydrogens is 533 g/mol. The molecule has 0 bridgehead atoms. The van der Waals surface area contributed by atoms with Crippen molar-refractivity contribution in [1.29, 1.82) is 0 Å². The summed E-state index contributed by atoms with van der Waals surface area (Å²) in [6, 6.07) is 22.1. The van der Waals surface area contributed by atoms with Gasteiger partial charge in [0.15, 0.2) is 0 Å². The molecule has 4 rings (SSSR count). The lowest BCUT2D eigenvalue weighted by Gasteiger charge is -2.13. The molecule has 0 saturated heterocycles. The first kappa shape index (κ1) is 28.7. The molecular formula is C27H29Cl2N3O4S. The lowest BCUT2D eigenvalue weighted by atomic mass is 10.0.